The molecular weight excluding hydrogens is 240 g/mol. The average molecular weight is 260 g/mol. The van der Waals surface area contributed by atoms with Crippen molar-refractivity contribution in [3.05, 3.63) is 29.8 Å². The van der Waals surface area contributed by atoms with Gasteiger partial charge in [-0.15, -0.1) is 0 Å². The molecule has 1 amide bonds. The van der Waals surface area contributed by atoms with E-state index >= 15 is 0 Å². The third-order valence-electron chi connectivity index (χ3n) is 3.38. The summed E-state index contributed by atoms with van der Waals surface area (Å²) in [7, 11) is 1.88. The molecule has 0 unspecified atom stereocenters. The molecule has 19 heavy (non-hydrogen) atoms. The zero-order valence-corrected chi connectivity index (χ0v) is 11.3. The van der Waals surface area contributed by atoms with Crippen molar-refractivity contribution in [3.8, 4) is 0 Å². The second-order valence-corrected chi connectivity index (χ2v) is 5.01. The fourth-order valence-electron chi connectivity index (χ4n) is 2.25. The first kappa shape index (κ1) is 13.6. The van der Waals surface area contributed by atoms with Crippen LogP contribution in [-0.4, -0.2) is 31.8 Å². The first-order valence-corrected chi connectivity index (χ1v) is 6.78. The van der Waals surface area contributed by atoms with Crippen molar-refractivity contribution in [1.82, 2.24) is 5.32 Å². The second kappa shape index (κ2) is 6.36. The van der Waals surface area contributed by atoms with Crippen molar-refractivity contribution < 1.29 is 9.59 Å². The van der Waals surface area contributed by atoms with Crippen molar-refractivity contribution in [2.24, 2.45) is 0 Å². The summed E-state index contributed by atoms with van der Waals surface area (Å²) in [5.41, 5.74) is 1.55. The lowest BCUT2D eigenvalue weighted by atomic mass is 10.1. The SMILES string of the molecule is CN1CC(=O)CCCCCNC(=O)c2cccc1c2. The summed E-state index contributed by atoms with van der Waals surface area (Å²) in [4.78, 5) is 25.7. The first-order valence-electron chi connectivity index (χ1n) is 6.78. The fraction of sp³-hybridized carbons (Fsp3) is 0.467. The number of fused-ring (bicyclic) bond motifs is 2. The highest BCUT2D eigenvalue weighted by atomic mass is 16.1. The maximum atomic E-state index is 12.0. The van der Waals surface area contributed by atoms with E-state index in [1.165, 1.54) is 0 Å². The number of nitrogens with one attached hydrogen (secondary N) is 1. The maximum Gasteiger partial charge on any atom is 0.251 e. The van der Waals surface area contributed by atoms with E-state index in [4.69, 9.17) is 0 Å². The Kier molecular flexibility index (Phi) is 4.55. The van der Waals surface area contributed by atoms with Crippen LogP contribution in [-0.2, 0) is 4.79 Å². The molecule has 0 fully saturated rings. The molecule has 0 atom stereocenters. The molecule has 0 radical (unpaired) electrons. The van der Waals surface area contributed by atoms with Gasteiger partial charge < -0.3 is 10.2 Å². The summed E-state index contributed by atoms with van der Waals surface area (Å²) in [5, 5.41) is 2.91. The summed E-state index contributed by atoms with van der Waals surface area (Å²) in [6, 6.07) is 7.41. The van der Waals surface area contributed by atoms with Crippen molar-refractivity contribution in [2.75, 3.05) is 25.0 Å². The van der Waals surface area contributed by atoms with Crippen molar-refractivity contribution >= 4 is 17.4 Å². The van der Waals surface area contributed by atoms with E-state index < -0.39 is 0 Å². The molecule has 1 aliphatic rings. The molecule has 1 heterocycles. The molecule has 102 valence electrons. The number of amides is 1. The Labute approximate surface area is 113 Å². The number of hydrogen-bond acceptors (Lipinski definition) is 3. The maximum absolute atomic E-state index is 12.0. The van der Waals surface area contributed by atoms with Gasteiger partial charge >= 0.3 is 0 Å². The van der Waals surface area contributed by atoms with Gasteiger partial charge in [-0.3, -0.25) is 9.59 Å². The smallest absolute Gasteiger partial charge is 0.251 e. The number of carbonyl (C=O) groups is 2. The number of likely N-dealkylation sites (N-methyl/N-ethyl adjacent to an activating group) is 1. The molecule has 1 aromatic carbocycles. The zero-order chi connectivity index (χ0) is 13.7. The molecule has 0 spiro atoms. The van der Waals surface area contributed by atoms with Crippen LogP contribution in [0.5, 0.6) is 0 Å². The third-order valence-corrected chi connectivity index (χ3v) is 3.38. The van der Waals surface area contributed by atoms with Gasteiger partial charge in [0.25, 0.3) is 5.91 Å². The van der Waals surface area contributed by atoms with Crippen LogP contribution in [0, 0.1) is 0 Å². The van der Waals surface area contributed by atoms with E-state index in [1.54, 1.807) is 6.07 Å². The number of nitrogens with zero attached hydrogens (tertiary/aromatic N) is 1. The number of carbonyl (C=O) groups excluding carboxylic acids is 2. The Bertz CT molecular complexity index is 471. The van der Waals surface area contributed by atoms with Crippen LogP contribution in [0.1, 0.15) is 36.0 Å². The Morgan fingerprint density at radius 2 is 2.00 bits per heavy atom. The minimum Gasteiger partial charge on any atom is -0.367 e. The van der Waals surface area contributed by atoms with Gasteiger partial charge in [-0.2, -0.15) is 0 Å². The minimum absolute atomic E-state index is 0.0409. The Hall–Kier alpha value is -1.84. The summed E-state index contributed by atoms with van der Waals surface area (Å²) in [6.45, 7) is 1.08. The Morgan fingerprint density at radius 3 is 2.84 bits per heavy atom. The summed E-state index contributed by atoms with van der Waals surface area (Å²) < 4.78 is 0. The Morgan fingerprint density at radius 1 is 1.16 bits per heavy atom. The number of rotatable bonds is 0. The van der Waals surface area contributed by atoms with E-state index in [0.717, 1.165) is 24.9 Å². The van der Waals surface area contributed by atoms with E-state index in [1.807, 2.05) is 30.1 Å². The van der Waals surface area contributed by atoms with E-state index in [0.29, 0.717) is 25.1 Å². The third kappa shape index (κ3) is 3.81. The molecule has 2 rings (SSSR count). The average Bonchev–Trinajstić information content (AvgIpc) is 2.42. The molecule has 4 heteroatoms. The molecule has 0 aromatic heterocycles. The normalized spacial score (nSPS) is 18.1. The van der Waals surface area contributed by atoms with Gasteiger partial charge in [-0.25, -0.2) is 0 Å². The molecule has 1 aliphatic heterocycles. The summed E-state index contributed by atoms with van der Waals surface area (Å²) >= 11 is 0. The number of benzene rings is 1. The van der Waals surface area contributed by atoms with Gasteiger partial charge in [0.05, 0.1) is 6.54 Å². The molecule has 1 N–H and O–H groups in total. The van der Waals surface area contributed by atoms with Gasteiger partial charge in [-0.05, 0) is 31.0 Å². The van der Waals surface area contributed by atoms with Gasteiger partial charge in [0.1, 0.15) is 0 Å². The lowest BCUT2D eigenvalue weighted by Gasteiger charge is -2.18. The lowest BCUT2D eigenvalue weighted by Crippen LogP contribution is -2.26. The van der Waals surface area contributed by atoms with Crippen LogP contribution in [0.15, 0.2) is 24.3 Å². The molecule has 2 bridgehead atoms. The second-order valence-electron chi connectivity index (χ2n) is 5.01. The molecular formula is C15H20N2O2. The Balaban J connectivity index is 2.21. The van der Waals surface area contributed by atoms with Gasteiger partial charge in [0.2, 0.25) is 0 Å². The van der Waals surface area contributed by atoms with Crippen LogP contribution in [0.4, 0.5) is 5.69 Å². The predicted molar refractivity (Wildman–Crippen MR) is 75.5 cm³/mol. The van der Waals surface area contributed by atoms with Crippen LogP contribution < -0.4 is 10.2 Å². The minimum atomic E-state index is -0.0409. The first-order chi connectivity index (χ1) is 9.16. The van der Waals surface area contributed by atoms with Crippen molar-refractivity contribution in [3.63, 3.8) is 0 Å². The fourth-order valence-corrected chi connectivity index (χ4v) is 2.25. The monoisotopic (exact) mass is 260 g/mol. The highest BCUT2D eigenvalue weighted by Crippen LogP contribution is 2.16. The number of hydrogen-bond donors (Lipinski definition) is 1. The highest BCUT2D eigenvalue weighted by Gasteiger charge is 2.11. The van der Waals surface area contributed by atoms with Crippen molar-refractivity contribution in [1.29, 1.82) is 0 Å². The standard InChI is InChI=1S/C15H20N2O2/c1-17-11-14(18)8-3-2-4-9-16-15(19)12-6-5-7-13(17)10-12/h5-7,10H,2-4,8-9,11H2,1H3,(H,16,19). The summed E-state index contributed by atoms with van der Waals surface area (Å²) in [6.07, 6.45) is 3.43. The van der Waals surface area contributed by atoms with Gasteiger partial charge in [-0.1, -0.05) is 12.5 Å². The zero-order valence-electron chi connectivity index (χ0n) is 11.3. The predicted octanol–water partition coefficient (Wildman–Crippen LogP) is 2.00. The largest absolute Gasteiger partial charge is 0.367 e. The number of ketones is 1. The van der Waals surface area contributed by atoms with E-state index in [9.17, 15) is 9.59 Å². The molecule has 1 aromatic rings. The topological polar surface area (TPSA) is 49.4 Å². The number of anilines is 1. The van der Waals surface area contributed by atoms with Gasteiger partial charge in [0.15, 0.2) is 5.78 Å². The number of Topliss-reactive ketones (excluding diaryl/α,β-unsaturated/α-hetero) is 1. The molecule has 4 nitrogen and oxygen atoms in total. The molecule has 0 aliphatic carbocycles. The van der Waals surface area contributed by atoms with Crippen LogP contribution in [0.25, 0.3) is 0 Å². The van der Waals surface area contributed by atoms with Crippen LogP contribution >= 0.6 is 0 Å². The highest BCUT2D eigenvalue weighted by molar-refractivity contribution is 5.95. The van der Waals surface area contributed by atoms with E-state index in [2.05, 4.69) is 5.32 Å². The lowest BCUT2D eigenvalue weighted by molar-refractivity contribution is -0.117. The summed E-state index contributed by atoms with van der Waals surface area (Å²) in [5.74, 6) is 0.215. The van der Waals surface area contributed by atoms with Gasteiger partial charge in [0, 0.05) is 31.3 Å². The van der Waals surface area contributed by atoms with Crippen LogP contribution in [0.3, 0.4) is 0 Å². The van der Waals surface area contributed by atoms with E-state index in [-0.39, 0.29) is 11.7 Å². The quantitative estimate of drug-likeness (QED) is 0.776. The van der Waals surface area contributed by atoms with Crippen molar-refractivity contribution in [2.45, 2.75) is 25.7 Å². The molecule has 0 saturated heterocycles. The molecule has 0 saturated carbocycles. The van der Waals surface area contributed by atoms with Crippen LogP contribution in [0.2, 0.25) is 0 Å².